The van der Waals surface area contributed by atoms with Crippen LogP contribution in [0.4, 0.5) is 0 Å². The molecule has 0 saturated carbocycles. The van der Waals surface area contributed by atoms with Crippen molar-refractivity contribution in [2.75, 3.05) is 26.3 Å². The molecule has 0 saturated heterocycles. The molecule has 0 amide bonds. The van der Waals surface area contributed by atoms with Crippen LogP contribution in [0.25, 0.3) is 0 Å². The summed E-state index contributed by atoms with van der Waals surface area (Å²) in [5, 5.41) is 27.8. The Morgan fingerprint density at radius 3 is 1.85 bits per heavy atom. The summed E-state index contributed by atoms with van der Waals surface area (Å²) in [6.07, 6.45) is 24.8. The third-order valence-electron chi connectivity index (χ3n) is 4.00. The smallest absolute Gasteiger partial charge is 0.182 e. The zero-order valence-corrected chi connectivity index (χ0v) is 16.5. The van der Waals surface area contributed by atoms with Crippen molar-refractivity contribution in [2.45, 2.75) is 64.7 Å². The van der Waals surface area contributed by atoms with Gasteiger partial charge in [0.25, 0.3) is 0 Å². The first-order valence-electron chi connectivity index (χ1n) is 10.1. The SMILES string of the molecule is CC/C=C/C/C=C/C/C=C/CCCCCC/C=C(\O)N(CCO)CCO. The normalized spacial score (nSPS) is 12.8. The van der Waals surface area contributed by atoms with Crippen LogP contribution in [0.3, 0.4) is 0 Å². The van der Waals surface area contributed by atoms with E-state index in [1.807, 2.05) is 0 Å². The lowest BCUT2D eigenvalue weighted by atomic mass is 10.1. The van der Waals surface area contributed by atoms with E-state index in [4.69, 9.17) is 10.2 Å². The van der Waals surface area contributed by atoms with E-state index in [1.54, 1.807) is 11.0 Å². The fraction of sp³-hybridized carbons (Fsp3) is 0.636. The highest BCUT2D eigenvalue weighted by Gasteiger charge is 2.05. The van der Waals surface area contributed by atoms with Crippen LogP contribution in [0.2, 0.25) is 0 Å². The average molecular weight is 366 g/mol. The van der Waals surface area contributed by atoms with E-state index >= 15 is 0 Å². The lowest BCUT2D eigenvalue weighted by molar-refractivity contribution is 0.135. The minimum atomic E-state index is -0.0306. The third-order valence-corrected chi connectivity index (χ3v) is 4.00. The Kier molecular flexibility index (Phi) is 18.6. The Morgan fingerprint density at radius 1 is 0.731 bits per heavy atom. The van der Waals surface area contributed by atoms with Crippen molar-refractivity contribution in [1.82, 2.24) is 4.90 Å². The number of hydrogen-bond donors (Lipinski definition) is 3. The molecule has 0 radical (unpaired) electrons. The van der Waals surface area contributed by atoms with E-state index in [1.165, 1.54) is 12.8 Å². The van der Waals surface area contributed by atoms with Gasteiger partial charge in [0.05, 0.1) is 13.2 Å². The van der Waals surface area contributed by atoms with Gasteiger partial charge in [-0.3, -0.25) is 0 Å². The van der Waals surface area contributed by atoms with Crippen LogP contribution in [-0.2, 0) is 0 Å². The Morgan fingerprint density at radius 2 is 1.27 bits per heavy atom. The lowest BCUT2D eigenvalue weighted by Gasteiger charge is -2.21. The van der Waals surface area contributed by atoms with Crippen LogP contribution in [0.5, 0.6) is 0 Å². The first-order chi connectivity index (χ1) is 12.8. The summed E-state index contributed by atoms with van der Waals surface area (Å²) in [5.41, 5.74) is 0. The largest absolute Gasteiger partial charge is 0.495 e. The second-order valence-electron chi connectivity index (χ2n) is 6.28. The molecule has 150 valence electrons. The topological polar surface area (TPSA) is 63.9 Å². The fourth-order valence-electron chi connectivity index (χ4n) is 2.53. The van der Waals surface area contributed by atoms with Crippen molar-refractivity contribution >= 4 is 0 Å². The van der Waals surface area contributed by atoms with E-state index in [0.717, 1.165) is 44.9 Å². The van der Waals surface area contributed by atoms with E-state index in [2.05, 4.69) is 43.4 Å². The van der Waals surface area contributed by atoms with Gasteiger partial charge in [-0.1, -0.05) is 56.2 Å². The van der Waals surface area contributed by atoms with Crippen molar-refractivity contribution in [1.29, 1.82) is 0 Å². The number of hydrogen-bond acceptors (Lipinski definition) is 4. The van der Waals surface area contributed by atoms with Crippen molar-refractivity contribution in [3.8, 4) is 0 Å². The van der Waals surface area contributed by atoms with Crippen LogP contribution < -0.4 is 0 Å². The molecule has 0 aliphatic rings. The molecule has 0 atom stereocenters. The summed E-state index contributed by atoms with van der Waals surface area (Å²) >= 11 is 0. The number of nitrogens with zero attached hydrogens (tertiary/aromatic N) is 1. The summed E-state index contributed by atoms with van der Waals surface area (Å²) in [7, 11) is 0. The van der Waals surface area contributed by atoms with Gasteiger partial charge >= 0.3 is 0 Å². The second kappa shape index (κ2) is 19.8. The zero-order valence-electron chi connectivity index (χ0n) is 16.5. The summed E-state index contributed by atoms with van der Waals surface area (Å²) in [5.74, 6) is 0.161. The van der Waals surface area contributed by atoms with Gasteiger partial charge in [0.15, 0.2) is 5.88 Å². The van der Waals surface area contributed by atoms with Gasteiger partial charge in [0.1, 0.15) is 0 Å². The third kappa shape index (κ3) is 16.0. The first kappa shape index (κ1) is 24.5. The number of allylic oxidation sites excluding steroid dienone is 7. The maximum Gasteiger partial charge on any atom is 0.182 e. The molecule has 0 bridgehead atoms. The highest BCUT2D eigenvalue weighted by Crippen LogP contribution is 2.09. The van der Waals surface area contributed by atoms with Gasteiger partial charge < -0.3 is 20.2 Å². The standard InChI is InChI=1S/C22H39NO3/c1-2-3-4-5-6-7-8-9-10-11-12-13-14-15-16-17-22(26)23(18-20-24)19-21-25/h3-4,6-7,9-10,17,24-26H,2,5,8,11-16,18-21H2,1H3/b4-3+,7-6+,10-9+,22-17-. The molecule has 0 heterocycles. The molecule has 0 fully saturated rings. The van der Waals surface area contributed by atoms with Gasteiger partial charge in [-0.2, -0.15) is 0 Å². The maximum absolute atomic E-state index is 9.92. The highest BCUT2D eigenvalue weighted by atomic mass is 16.3. The zero-order chi connectivity index (χ0) is 19.3. The number of rotatable bonds is 17. The molecule has 0 aliphatic heterocycles. The van der Waals surface area contributed by atoms with Crippen molar-refractivity contribution in [2.24, 2.45) is 0 Å². The summed E-state index contributed by atoms with van der Waals surface area (Å²) in [4.78, 5) is 1.60. The Labute approximate surface area is 160 Å². The number of aliphatic hydroxyl groups is 3. The average Bonchev–Trinajstić information content (AvgIpc) is 2.64. The highest BCUT2D eigenvalue weighted by molar-refractivity contribution is 4.97. The summed E-state index contributed by atoms with van der Waals surface area (Å²) in [6.45, 7) is 2.78. The minimum absolute atomic E-state index is 0.0306. The van der Waals surface area contributed by atoms with Crippen molar-refractivity contribution in [3.63, 3.8) is 0 Å². The summed E-state index contributed by atoms with van der Waals surface area (Å²) in [6, 6.07) is 0. The van der Waals surface area contributed by atoms with Gasteiger partial charge in [0.2, 0.25) is 0 Å². The number of unbranched alkanes of at least 4 members (excludes halogenated alkanes) is 5. The molecule has 0 aromatic heterocycles. The fourth-order valence-corrected chi connectivity index (χ4v) is 2.53. The van der Waals surface area contributed by atoms with E-state index in [9.17, 15) is 5.11 Å². The molecule has 26 heavy (non-hydrogen) atoms. The lowest BCUT2D eigenvalue weighted by Crippen LogP contribution is -2.29. The number of aliphatic hydroxyl groups excluding tert-OH is 3. The van der Waals surface area contributed by atoms with Crippen LogP contribution in [-0.4, -0.2) is 46.5 Å². The molecule has 0 aromatic carbocycles. The molecular formula is C22H39NO3. The molecule has 4 heteroatoms. The van der Waals surface area contributed by atoms with E-state index in [-0.39, 0.29) is 19.1 Å². The molecular weight excluding hydrogens is 326 g/mol. The summed E-state index contributed by atoms with van der Waals surface area (Å²) < 4.78 is 0. The van der Waals surface area contributed by atoms with Crippen LogP contribution in [0.15, 0.2) is 48.4 Å². The molecule has 3 N–H and O–H groups in total. The quantitative estimate of drug-likeness (QED) is 0.195. The maximum atomic E-state index is 9.92. The molecule has 0 aromatic rings. The van der Waals surface area contributed by atoms with Gasteiger partial charge in [-0.15, -0.1) is 0 Å². The Hall–Kier alpha value is -1.52. The first-order valence-corrected chi connectivity index (χ1v) is 10.1. The predicted molar refractivity (Wildman–Crippen MR) is 111 cm³/mol. The second-order valence-corrected chi connectivity index (χ2v) is 6.28. The molecule has 0 unspecified atom stereocenters. The van der Waals surface area contributed by atoms with Crippen LogP contribution in [0, 0.1) is 0 Å². The Balaban J connectivity index is 3.61. The van der Waals surface area contributed by atoms with Crippen molar-refractivity contribution < 1.29 is 15.3 Å². The van der Waals surface area contributed by atoms with E-state index in [0.29, 0.717) is 13.1 Å². The molecule has 0 aliphatic carbocycles. The van der Waals surface area contributed by atoms with Gasteiger partial charge in [0, 0.05) is 13.1 Å². The van der Waals surface area contributed by atoms with Gasteiger partial charge in [-0.25, -0.2) is 0 Å². The minimum Gasteiger partial charge on any atom is -0.495 e. The predicted octanol–water partition coefficient (Wildman–Crippen LogP) is 4.87. The molecule has 4 nitrogen and oxygen atoms in total. The molecule has 0 spiro atoms. The van der Waals surface area contributed by atoms with Crippen LogP contribution in [0.1, 0.15) is 64.7 Å². The van der Waals surface area contributed by atoms with E-state index < -0.39 is 0 Å². The van der Waals surface area contributed by atoms with Gasteiger partial charge in [-0.05, 0) is 51.0 Å². The van der Waals surface area contributed by atoms with Crippen LogP contribution >= 0.6 is 0 Å². The monoisotopic (exact) mass is 365 g/mol. The van der Waals surface area contributed by atoms with Crippen molar-refractivity contribution in [3.05, 3.63) is 48.4 Å². The Bertz CT molecular complexity index is 408. The molecule has 0 rings (SSSR count).